The Kier molecular flexibility index (Phi) is 4.17. The van der Waals surface area contributed by atoms with Crippen molar-refractivity contribution in [1.29, 1.82) is 0 Å². The van der Waals surface area contributed by atoms with Crippen LogP contribution in [0.25, 0.3) is 0 Å². The van der Waals surface area contributed by atoms with Crippen LogP contribution in [-0.4, -0.2) is 13.7 Å². The molecule has 1 aromatic rings. The molecule has 0 bridgehead atoms. The van der Waals surface area contributed by atoms with Gasteiger partial charge in [-0.1, -0.05) is 11.6 Å². The number of alkyl halides is 3. The van der Waals surface area contributed by atoms with E-state index < -0.39 is 32.0 Å². The summed E-state index contributed by atoms with van der Waals surface area (Å²) in [5, 5.41) is -1.22. The fourth-order valence-corrected chi connectivity index (χ4v) is 2.00. The molecule has 18 heavy (non-hydrogen) atoms. The Morgan fingerprint density at radius 2 is 1.83 bits per heavy atom. The first-order chi connectivity index (χ1) is 8.04. The van der Waals surface area contributed by atoms with Gasteiger partial charge in [0, 0.05) is 5.69 Å². The number of rotatable bonds is 3. The van der Waals surface area contributed by atoms with Crippen LogP contribution in [-0.2, 0) is 16.2 Å². The third-order valence-electron chi connectivity index (χ3n) is 2.15. The molecule has 0 spiro atoms. The largest absolute Gasteiger partial charge is 0.417 e. The zero-order chi connectivity index (χ0) is 14.1. The predicted molar refractivity (Wildman–Crippen MR) is 64.1 cm³/mol. The highest BCUT2D eigenvalue weighted by Gasteiger charge is 2.33. The molecular formula is C10H11ClF3NO2S. The molecule has 0 aliphatic heterocycles. The van der Waals surface area contributed by atoms with Crippen LogP contribution in [0.1, 0.15) is 19.4 Å². The van der Waals surface area contributed by atoms with E-state index >= 15 is 0 Å². The molecule has 0 radical (unpaired) electrons. The van der Waals surface area contributed by atoms with Crippen molar-refractivity contribution in [2.45, 2.75) is 25.3 Å². The van der Waals surface area contributed by atoms with Crippen molar-refractivity contribution in [3.63, 3.8) is 0 Å². The molecule has 0 aliphatic carbocycles. The van der Waals surface area contributed by atoms with E-state index in [9.17, 15) is 21.6 Å². The van der Waals surface area contributed by atoms with Gasteiger partial charge in [0.1, 0.15) is 0 Å². The quantitative estimate of drug-likeness (QED) is 0.928. The summed E-state index contributed by atoms with van der Waals surface area (Å²) in [5.41, 5.74) is -1.24. The Hall–Kier alpha value is -0.950. The van der Waals surface area contributed by atoms with Gasteiger partial charge in [0.25, 0.3) is 0 Å². The lowest BCUT2D eigenvalue weighted by Crippen LogP contribution is -2.22. The van der Waals surface area contributed by atoms with E-state index in [1.807, 2.05) is 0 Å². The molecule has 0 aliphatic rings. The summed E-state index contributed by atoms with van der Waals surface area (Å²) in [6.45, 7) is 2.84. The first-order valence-corrected chi connectivity index (χ1v) is 6.85. The number of hydrogen-bond acceptors (Lipinski definition) is 2. The molecule has 102 valence electrons. The van der Waals surface area contributed by atoms with Gasteiger partial charge in [-0.2, -0.15) is 13.2 Å². The van der Waals surface area contributed by atoms with Gasteiger partial charge in [-0.3, -0.25) is 4.72 Å². The molecule has 0 fully saturated rings. The lowest BCUT2D eigenvalue weighted by atomic mass is 10.2. The van der Waals surface area contributed by atoms with Crippen LogP contribution in [0, 0.1) is 0 Å². The van der Waals surface area contributed by atoms with Crippen molar-refractivity contribution >= 4 is 27.3 Å². The fourth-order valence-electron chi connectivity index (χ4n) is 1.09. The molecule has 0 aromatic heterocycles. The predicted octanol–water partition coefficient (Wildman–Crippen LogP) is 3.51. The van der Waals surface area contributed by atoms with Gasteiger partial charge in [-0.05, 0) is 32.0 Å². The average Bonchev–Trinajstić information content (AvgIpc) is 2.18. The van der Waals surface area contributed by atoms with Crippen LogP contribution in [0.3, 0.4) is 0 Å². The molecule has 8 heteroatoms. The molecule has 0 unspecified atom stereocenters. The van der Waals surface area contributed by atoms with E-state index in [1.54, 1.807) is 0 Å². The summed E-state index contributed by atoms with van der Waals surface area (Å²) in [6, 6.07) is 2.85. The van der Waals surface area contributed by atoms with Crippen LogP contribution >= 0.6 is 11.6 Å². The molecule has 1 rings (SSSR count). The Morgan fingerprint density at radius 3 is 2.28 bits per heavy atom. The van der Waals surface area contributed by atoms with Gasteiger partial charge in [0.15, 0.2) is 0 Å². The second-order valence-electron chi connectivity index (χ2n) is 3.89. The third kappa shape index (κ3) is 3.52. The third-order valence-corrected chi connectivity index (χ3v) is 4.24. The monoisotopic (exact) mass is 301 g/mol. The average molecular weight is 302 g/mol. The molecule has 1 N–H and O–H groups in total. The number of nitrogens with one attached hydrogen (secondary N) is 1. The van der Waals surface area contributed by atoms with Crippen molar-refractivity contribution in [1.82, 2.24) is 0 Å². The maximum Gasteiger partial charge on any atom is 0.417 e. The first-order valence-electron chi connectivity index (χ1n) is 4.92. The minimum Gasteiger partial charge on any atom is -0.283 e. The Labute approximate surface area is 108 Å². The van der Waals surface area contributed by atoms with Crippen molar-refractivity contribution in [3.8, 4) is 0 Å². The van der Waals surface area contributed by atoms with Crippen LogP contribution < -0.4 is 4.72 Å². The highest BCUT2D eigenvalue weighted by Crippen LogP contribution is 2.36. The fraction of sp³-hybridized carbons (Fsp3) is 0.400. The summed E-state index contributed by atoms with van der Waals surface area (Å²) in [7, 11) is -3.69. The van der Waals surface area contributed by atoms with Gasteiger partial charge in [0.05, 0.1) is 15.8 Å². The van der Waals surface area contributed by atoms with Gasteiger partial charge < -0.3 is 0 Å². The molecule has 1 aromatic carbocycles. The van der Waals surface area contributed by atoms with E-state index in [0.717, 1.165) is 6.07 Å². The van der Waals surface area contributed by atoms with Crippen LogP contribution in [0.2, 0.25) is 5.02 Å². The molecule has 0 heterocycles. The summed E-state index contributed by atoms with van der Waals surface area (Å²) in [5.74, 6) is 0. The van der Waals surface area contributed by atoms with Crippen LogP contribution in [0.5, 0.6) is 0 Å². The van der Waals surface area contributed by atoms with Crippen molar-refractivity contribution < 1.29 is 21.6 Å². The SMILES string of the molecule is CC(C)S(=O)(=O)Nc1ccc(Cl)c(C(F)(F)F)c1. The van der Waals surface area contributed by atoms with E-state index in [-0.39, 0.29) is 5.69 Å². The standard InChI is InChI=1S/C10H11ClF3NO2S/c1-6(2)18(16,17)15-7-3-4-9(11)8(5-7)10(12,13)14/h3-6,15H,1-2H3. The zero-order valence-corrected chi connectivity index (χ0v) is 11.1. The Bertz CT molecular complexity index is 541. The van der Waals surface area contributed by atoms with Crippen molar-refractivity contribution in [2.24, 2.45) is 0 Å². The van der Waals surface area contributed by atoms with Crippen molar-refractivity contribution in [3.05, 3.63) is 28.8 Å². The number of benzene rings is 1. The Morgan fingerprint density at radius 1 is 1.28 bits per heavy atom. The lowest BCUT2D eigenvalue weighted by molar-refractivity contribution is -0.137. The van der Waals surface area contributed by atoms with Gasteiger partial charge in [0.2, 0.25) is 10.0 Å². The van der Waals surface area contributed by atoms with E-state index in [0.29, 0.717) is 6.07 Å². The molecule has 0 atom stereocenters. The number of sulfonamides is 1. The highest BCUT2D eigenvalue weighted by molar-refractivity contribution is 7.93. The highest BCUT2D eigenvalue weighted by atomic mass is 35.5. The summed E-state index contributed by atoms with van der Waals surface area (Å²) in [4.78, 5) is 0. The van der Waals surface area contributed by atoms with E-state index in [4.69, 9.17) is 11.6 Å². The van der Waals surface area contributed by atoms with Gasteiger partial charge in [-0.15, -0.1) is 0 Å². The number of hydrogen-bond donors (Lipinski definition) is 1. The summed E-state index contributed by atoms with van der Waals surface area (Å²) >= 11 is 5.42. The molecule has 0 saturated carbocycles. The van der Waals surface area contributed by atoms with Crippen LogP contribution in [0.4, 0.5) is 18.9 Å². The summed E-state index contributed by atoms with van der Waals surface area (Å²) in [6.07, 6.45) is -4.63. The molecular weight excluding hydrogens is 291 g/mol. The number of halogens is 4. The number of anilines is 1. The van der Waals surface area contributed by atoms with Gasteiger partial charge >= 0.3 is 6.18 Å². The normalized spacial score (nSPS) is 12.8. The maximum absolute atomic E-state index is 12.6. The summed E-state index contributed by atoms with van der Waals surface area (Å²) < 4.78 is 62.8. The van der Waals surface area contributed by atoms with Crippen molar-refractivity contribution in [2.75, 3.05) is 4.72 Å². The minimum absolute atomic E-state index is 0.166. The van der Waals surface area contributed by atoms with Gasteiger partial charge in [-0.25, -0.2) is 8.42 Å². The first kappa shape index (κ1) is 15.1. The second kappa shape index (κ2) is 4.97. The Balaban J connectivity index is 3.15. The topological polar surface area (TPSA) is 46.2 Å². The van der Waals surface area contributed by atoms with E-state index in [2.05, 4.69) is 4.72 Å². The maximum atomic E-state index is 12.6. The van der Waals surface area contributed by atoms with E-state index in [1.165, 1.54) is 19.9 Å². The zero-order valence-electron chi connectivity index (χ0n) is 9.55. The molecule has 3 nitrogen and oxygen atoms in total. The molecule has 0 saturated heterocycles. The second-order valence-corrected chi connectivity index (χ2v) is 6.53. The van der Waals surface area contributed by atoms with Crippen LogP contribution in [0.15, 0.2) is 18.2 Å². The minimum atomic E-state index is -4.63. The smallest absolute Gasteiger partial charge is 0.283 e. The lowest BCUT2D eigenvalue weighted by Gasteiger charge is -2.14. The molecule has 0 amide bonds.